The Hall–Kier alpha value is -3.25. The number of thioether (sulfide) groups is 1. The van der Waals surface area contributed by atoms with Gasteiger partial charge in [-0.3, -0.25) is 35.7 Å². The number of hydrogen-bond donors (Lipinski definition) is 3. The SMILES string of the molecule is O=C(CSc1n[nH]c(Cc2cccs2)n1)NNC(=O)c1ccc([N+](=O)[O-])cc1. The second kappa shape index (κ2) is 9.10. The molecule has 3 rings (SSSR count). The molecule has 0 bridgehead atoms. The van der Waals surface area contributed by atoms with E-state index in [0.717, 1.165) is 16.6 Å². The van der Waals surface area contributed by atoms with Crippen molar-refractivity contribution in [2.75, 3.05) is 5.75 Å². The summed E-state index contributed by atoms with van der Waals surface area (Å²) < 4.78 is 0. The third kappa shape index (κ3) is 5.37. The summed E-state index contributed by atoms with van der Waals surface area (Å²) in [5.41, 5.74) is 4.59. The van der Waals surface area contributed by atoms with E-state index in [-0.39, 0.29) is 17.0 Å². The summed E-state index contributed by atoms with van der Waals surface area (Å²) in [6, 6.07) is 8.99. The number of nitrogens with one attached hydrogen (secondary N) is 3. The summed E-state index contributed by atoms with van der Waals surface area (Å²) in [6.07, 6.45) is 0.642. The van der Waals surface area contributed by atoms with Crippen LogP contribution in [0.3, 0.4) is 0 Å². The van der Waals surface area contributed by atoms with Gasteiger partial charge < -0.3 is 0 Å². The second-order valence-electron chi connectivity index (χ2n) is 5.42. The first-order valence-electron chi connectivity index (χ1n) is 7.91. The number of nitro groups is 1. The van der Waals surface area contributed by atoms with Gasteiger partial charge in [0.2, 0.25) is 11.1 Å². The number of amides is 2. The van der Waals surface area contributed by atoms with Crippen LogP contribution in [0.1, 0.15) is 21.1 Å². The maximum atomic E-state index is 11.9. The van der Waals surface area contributed by atoms with Crippen LogP contribution in [0.4, 0.5) is 5.69 Å². The summed E-state index contributed by atoms with van der Waals surface area (Å²) >= 11 is 2.75. The molecule has 0 radical (unpaired) electrons. The standard InChI is InChI=1S/C16H14N6O4S2/c23-14(19-20-15(24)10-3-5-11(6-4-10)22(25)26)9-28-16-17-13(18-21-16)8-12-2-1-7-27-12/h1-7H,8-9H2,(H,19,23)(H,20,24)(H,17,18,21). The normalized spacial score (nSPS) is 10.4. The molecule has 0 saturated heterocycles. The molecule has 0 spiro atoms. The molecule has 2 amide bonds. The molecule has 3 aromatic rings. The van der Waals surface area contributed by atoms with Gasteiger partial charge in [0.1, 0.15) is 5.82 Å². The van der Waals surface area contributed by atoms with E-state index in [1.54, 1.807) is 11.3 Å². The van der Waals surface area contributed by atoms with E-state index < -0.39 is 16.7 Å². The summed E-state index contributed by atoms with van der Waals surface area (Å²) in [5, 5.41) is 19.9. The number of rotatable bonds is 7. The molecule has 10 nitrogen and oxygen atoms in total. The topological polar surface area (TPSA) is 143 Å². The minimum absolute atomic E-state index is 0.0108. The number of non-ortho nitro benzene ring substituents is 1. The van der Waals surface area contributed by atoms with Crippen molar-refractivity contribution in [2.45, 2.75) is 11.6 Å². The van der Waals surface area contributed by atoms with Gasteiger partial charge in [0.15, 0.2) is 0 Å². The highest BCUT2D eigenvalue weighted by molar-refractivity contribution is 7.99. The largest absolute Gasteiger partial charge is 0.272 e. The molecule has 0 saturated carbocycles. The summed E-state index contributed by atoms with van der Waals surface area (Å²) in [7, 11) is 0. The van der Waals surface area contributed by atoms with Gasteiger partial charge in [-0.2, -0.15) is 0 Å². The van der Waals surface area contributed by atoms with Crippen LogP contribution in [0.5, 0.6) is 0 Å². The van der Waals surface area contributed by atoms with Crippen molar-refractivity contribution in [1.29, 1.82) is 0 Å². The van der Waals surface area contributed by atoms with Gasteiger partial charge in [-0.25, -0.2) is 4.98 Å². The number of benzene rings is 1. The lowest BCUT2D eigenvalue weighted by molar-refractivity contribution is -0.384. The first-order valence-corrected chi connectivity index (χ1v) is 9.78. The Morgan fingerprint density at radius 3 is 2.68 bits per heavy atom. The van der Waals surface area contributed by atoms with Crippen LogP contribution in [0, 0.1) is 10.1 Å². The second-order valence-corrected chi connectivity index (χ2v) is 7.39. The van der Waals surface area contributed by atoms with E-state index in [1.807, 2.05) is 17.5 Å². The number of carbonyl (C=O) groups excluding carboxylic acids is 2. The van der Waals surface area contributed by atoms with Crippen molar-refractivity contribution >= 4 is 40.6 Å². The number of hydrazine groups is 1. The Morgan fingerprint density at radius 1 is 1.21 bits per heavy atom. The minimum atomic E-state index is -0.579. The highest BCUT2D eigenvalue weighted by atomic mass is 32.2. The average Bonchev–Trinajstić information content (AvgIpc) is 3.37. The molecule has 1 aromatic carbocycles. The lowest BCUT2D eigenvalue weighted by Crippen LogP contribution is -2.42. The highest BCUT2D eigenvalue weighted by Gasteiger charge is 2.12. The summed E-state index contributed by atoms with van der Waals surface area (Å²) in [4.78, 5) is 39.3. The van der Waals surface area contributed by atoms with E-state index in [1.165, 1.54) is 24.3 Å². The van der Waals surface area contributed by atoms with Crippen LogP contribution in [-0.4, -0.2) is 37.7 Å². The van der Waals surface area contributed by atoms with E-state index in [2.05, 4.69) is 26.0 Å². The summed E-state index contributed by atoms with van der Waals surface area (Å²) in [5.74, 6) is -0.303. The fourth-order valence-corrected chi connectivity index (χ4v) is 3.43. The Bertz CT molecular complexity index is 971. The van der Waals surface area contributed by atoms with Crippen LogP contribution < -0.4 is 10.9 Å². The predicted molar refractivity (Wildman–Crippen MR) is 103 cm³/mol. The van der Waals surface area contributed by atoms with Crippen molar-refractivity contribution in [2.24, 2.45) is 0 Å². The van der Waals surface area contributed by atoms with Gasteiger partial charge in [0, 0.05) is 29.0 Å². The van der Waals surface area contributed by atoms with Crippen LogP contribution >= 0.6 is 23.1 Å². The molecule has 12 heteroatoms. The van der Waals surface area contributed by atoms with E-state index >= 15 is 0 Å². The number of aromatic nitrogens is 3. The van der Waals surface area contributed by atoms with Crippen molar-refractivity contribution < 1.29 is 14.5 Å². The molecule has 0 unspecified atom stereocenters. The molecular formula is C16H14N6O4S2. The van der Waals surface area contributed by atoms with Crippen LogP contribution in [0.15, 0.2) is 46.9 Å². The molecule has 28 heavy (non-hydrogen) atoms. The molecule has 0 aliphatic heterocycles. The molecule has 0 fully saturated rings. The van der Waals surface area contributed by atoms with Crippen molar-refractivity contribution in [1.82, 2.24) is 26.0 Å². The maximum absolute atomic E-state index is 11.9. The molecule has 2 heterocycles. The number of nitrogens with zero attached hydrogens (tertiary/aromatic N) is 3. The van der Waals surface area contributed by atoms with Gasteiger partial charge in [-0.05, 0) is 23.6 Å². The van der Waals surface area contributed by atoms with Crippen molar-refractivity contribution in [3.63, 3.8) is 0 Å². The van der Waals surface area contributed by atoms with E-state index in [0.29, 0.717) is 17.4 Å². The lowest BCUT2D eigenvalue weighted by atomic mass is 10.2. The third-order valence-corrected chi connectivity index (χ3v) is 5.14. The molecule has 2 aromatic heterocycles. The number of nitro benzene ring substituents is 1. The zero-order valence-electron chi connectivity index (χ0n) is 14.2. The Morgan fingerprint density at radius 2 is 2.00 bits per heavy atom. The van der Waals surface area contributed by atoms with Gasteiger partial charge in [-0.15, -0.1) is 16.4 Å². The molecule has 0 aliphatic rings. The Labute approximate surface area is 166 Å². The fraction of sp³-hybridized carbons (Fsp3) is 0.125. The summed E-state index contributed by atoms with van der Waals surface area (Å²) in [6.45, 7) is 0. The highest BCUT2D eigenvalue weighted by Crippen LogP contribution is 2.16. The zero-order chi connectivity index (χ0) is 19.9. The zero-order valence-corrected chi connectivity index (χ0v) is 15.9. The van der Waals surface area contributed by atoms with Crippen LogP contribution in [0.2, 0.25) is 0 Å². The number of carbonyl (C=O) groups is 2. The van der Waals surface area contributed by atoms with Gasteiger partial charge in [-0.1, -0.05) is 17.8 Å². The van der Waals surface area contributed by atoms with Crippen molar-refractivity contribution in [3.05, 3.63) is 68.2 Å². The Kier molecular flexibility index (Phi) is 6.34. The lowest BCUT2D eigenvalue weighted by Gasteiger charge is -2.06. The number of hydrogen-bond acceptors (Lipinski definition) is 8. The van der Waals surface area contributed by atoms with Crippen LogP contribution in [0.25, 0.3) is 0 Å². The minimum Gasteiger partial charge on any atom is -0.272 e. The number of aromatic amines is 1. The third-order valence-electron chi connectivity index (χ3n) is 3.42. The maximum Gasteiger partial charge on any atom is 0.269 e. The molecule has 3 N–H and O–H groups in total. The predicted octanol–water partition coefficient (Wildman–Crippen LogP) is 1.92. The molecular weight excluding hydrogens is 404 g/mol. The number of H-pyrrole nitrogens is 1. The first kappa shape index (κ1) is 19.5. The van der Waals surface area contributed by atoms with E-state index in [9.17, 15) is 19.7 Å². The molecule has 144 valence electrons. The van der Waals surface area contributed by atoms with Gasteiger partial charge in [0.05, 0.1) is 10.7 Å². The van der Waals surface area contributed by atoms with Gasteiger partial charge in [0.25, 0.3) is 11.6 Å². The average molecular weight is 418 g/mol. The monoisotopic (exact) mass is 418 g/mol. The fourth-order valence-electron chi connectivity index (χ4n) is 2.10. The molecule has 0 atom stereocenters. The van der Waals surface area contributed by atoms with Crippen LogP contribution in [-0.2, 0) is 11.2 Å². The Balaban J connectivity index is 1.42. The van der Waals surface area contributed by atoms with Crippen molar-refractivity contribution in [3.8, 4) is 0 Å². The smallest absolute Gasteiger partial charge is 0.269 e. The van der Waals surface area contributed by atoms with Gasteiger partial charge >= 0.3 is 0 Å². The van der Waals surface area contributed by atoms with E-state index in [4.69, 9.17) is 0 Å². The molecule has 0 aliphatic carbocycles. The quantitative estimate of drug-likeness (QED) is 0.302. The number of thiophene rings is 1. The first-order chi connectivity index (χ1) is 13.5.